The SMILES string of the molecule is CC(O)O.O.OC(CN(Cc1nc2ccccc2[nH]1)Cc1nc2ccccc2[nH]1)CN(Cc1nc2ccccc2[nH]1)Cc1nc2ccccc2[nH]1.[Mn].[Mn]. The normalized spacial score (nSPS) is 11.3. The first-order valence-corrected chi connectivity index (χ1v) is 16.6. The molecule has 0 saturated carbocycles. The van der Waals surface area contributed by atoms with E-state index < -0.39 is 12.4 Å². The zero-order chi connectivity index (χ0) is 34.5. The van der Waals surface area contributed by atoms with Crippen molar-refractivity contribution in [3.05, 3.63) is 120 Å². The van der Waals surface area contributed by atoms with Gasteiger partial charge in [0.2, 0.25) is 0 Å². The van der Waals surface area contributed by atoms with E-state index in [1.165, 1.54) is 6.92 Å². The van der Waals surface area contributed by atoms with Gasteiger partial charge in [0.25, 0.3) is 0 Å². The van der Waals surface area contributed by atoms with E-state index in [4.69, 9.17) is 30.1 Å². The van der Waals surface area contributed by atoms with Crippen LogP contribution in [0.4, 0.5) is 0 Å². The van der Waals surface area contributed by atoms with Gasteiger partial charge in [-0.2, -0.15) is 0 Å². The van der Waals surface area contributed by atoms with Gasteiger partial charge in [-0.25, -0.2) is 19.9 Å². The van der Waals surface area contributed by atoms with Crippen molar-refractivity contribution in [2.75, 3.05) is 13.1 Å². The van der Waals surface area contributed by atoms with Crippen LogP contribution in [-0.2, 0) is 60.3 Å². The summed E-state index contributed by atoms with van der Waals surface area (Å²) >= 11 is 0. The van der Waals surface area contributed by atoms with Crippen molar-refractivity contribution in [3.8, 4) is 0 Å². The minimum atomic E-state index is -1.17. The van der Waals surface area contributed by atoms with Crippen molar-refractivity contribution in [2.24, 2.45) is 0 Å². The number of para-hydroxylation sites is 8. The summed E-state index contributed by atoms with van der Waals surface area (Å²) in [6, 6.07) is 32.1. The van der Waals surface area contributed by atoms with Gasteiger partial charge in [0.15, 0.2) is 0 Å². The Balaban J connectivity index is 0.000000855. The molecule has 16 heteroatoms. The van der Waals surface area contributed by atoms with Crippen LogP contribution in [0.15, 0.2) is 97.1 Å². The molecule has 0 fully saturated rings. The van der Waals surface area contributed by atoms with Crippen LogP contribution in [0, 0.1) is 0 Å². The van der Waals surface area contributed by atoms with E-state index in [1.54, 1.807) is 0 Å². The van der Waals surface area contributed by atoms with Gasteiger partial charge in [0, 0.05) is 47.2 Å². The van der Waals surface area contributed by atoms with Crippen LogP contribution < -0.4 is 0 Å². The fraction of sp³-hybridized carbons (Fsp3) is 0.243. The molecule has 0 bridgehead atoms. The number of nitrogens with zero attached hydrogens (tertiary/aromatic N) is 6. The van der Waals surface area contributed by atoms with Crippen LogP contribution in [-0.4, -0.2) is 96.0 Å². The van der Waals surface area contributed by atoms with Crippen molar-refractivity contribution >= 4 is 44.1 Å². The minimum absolute atomic E-state index is 0. The molecule has 2 radical (unpaired) electrons. The Bertz CT molecular complexity index is 1880. The molecule has 4 heterocycles. The number of benzene rings is 4. The fourth-order valence-electron chi connectivity index (χ4n) is 6.19. The molecular weight excluding hydrogens is 758 g/mol. The largest absolute Gasteiger partial charge is 0.412 e. The molecule has 278 valence electrons. The van der Waals surface area contributed by atoms with Gasteiger partial charge in [-0.05, 0) is 55.5 Å². The van der Waals surface area contributed by atoms with E-state index in [0.717, 1.165) is 67.4 Å². The number of aliphatic hydroxyl groups excluding tert-OH is 2. The van der Waals surface area contributed by atoms with Crippen molar-refractivity contribution in [3.63, 3.8) is 0 Å². The molecule has 0 atom stereocenters. The second-order valence-corrected chi connectivity index (χ2v) is 12.4. The Labute approximate surface area is 326 Å². The average molecular weight is 801 g/mol. The molecule has 4 aromatic carbocycles. The van der Waals surface area contributed by atoms with Gasteiger partial charge in [-0.3, -0.25) is 9.80 Å². The van der Waals surface area contributed by atoms with Gasteiger partial charge in [0.1, 0.15) is 29.6 Å². The van der Waals surface area contributed by atoms with Crippen LogP contribution in [0.1, 0.15) is 30.2 Å². The quantitative estimate of drug-likeness (QED) is 0.0708. The first kappa shape index (κ1) is 41.3. The van der Waals surface area contributed by atoms with E-state index >= 15 is 0 Å². The van der Waals surface area contributed by atoms with Crippen LogP contribution >= 0.6 is 0 Å². The predicted molar refractivity (Wildman–Crippen MR) is 196 cm³/mol. The van der Waals surface area contributed by atoms with Gasteiger partial charge < -0.3 is 40.7 Å². The molecular formula is C37H42Mn2N10O4. The van der Waals surface area contributed by atoms with E-state index in [0.29, 0.717) is 39.3 Å². The number of fused-ring (bicyclic) bond motifs is 4. The Morgan fingerprint density at radius 3 is 0.925 bits per heavy atom. The second-order valence-electron chi connectivity index (χ2n) is 12.4. The summed E-state index contributed by atoms with van der Waals surface area (Å²) in [6.45, 7) is 4.19. The Morgan fingerprint density at radius 2 is 0.698 bits per heavy atom. The zero-order valence-corrected chi connectivity index (χ0v) is 31.3. The summed E-state index contributed by atoms with van der Waals surface area (Å²) in [5.41, 5.74) is 7.65. The first-order chi connectivity index (χ1) is 24.3. The van der Waals surface area contributed by atoms with Gasteiger partial charge in [-0.15, -0.1) is 0 Å². The van der Waals surface area contributed by atoms with E-state index in [1.807, 2.05) is 97.1 Å². The Hall–Kier alpha value is -4.44. The van der Waals surface area contributed by atoms with Crippen molar-refractivity contribution in [2.45, 2.75) is 45.5 Å². The third kappa shape index (κ3) is 10.8. The van der Waals surface area contributed by atoms with Gasteiger partial charge >= 0.3 is 0 Å². The molecule has 4 aromatic heterocycles. The molecule has 0 aliphatic carbocycles. The molecule has 0 aliphatic rings. The van der Waals surface area contributed by atoms with Crippen LogP contribution in [0.2, 0.25) is 0 Å². The van der Waals surface area contributed by atoms with Gasteiger partial charge in [-0.1, -0.05) is 48.5 Å². The predicted octanol–water partition coefficient (Wildman–Crippen LogP) is 3.74. The smallest absolute Gasteiger partial charge is 0.148 e. The number of H-pyrrole nitrogens is 4. The number of aliphatic hydroxyl groups is 3. The molecule has 8 rings (SSSR count). The van der Waals surface area contributed by atoms with E-state index in [-0.39, 0.29) is 39.6 Å². The Morgan fingerprint density at radius 1 is 0.472 bits per heavy atom. The standard InChI is InChI=1S/C35H34N10O.C2H6O2.2Mn.H2O/c46-23(17-44(19-32-36-24-9-1-2-10-25(24)37-32)20-33-38-26-11-3-4-12-27(26)39-33)18-45(21-34-40-28-13-5-6-14-29(28)41-34)22-35-42-30-15-7-8-16-31(30)43-35;1-2(3)4;;;/h1-16,23,46H,17-22H2,(H,36,37)(H,38,39)(H,40,41)(H,42,43);2-4H,1H3;;;1H2. The number of rotatable bonds is 12. The number of aromatic nitrogens is 8. The maximum Gasteiger partial charge on any atom is 0.148 e. The summed E-state index contributed by atoms with van der Waals surface area (Å²) in [4.78, 5) is 37.4. The average Bonchev–Trinajstić information content (AvgIpc) is 3.87. The second kappa shape index (κ2) is 19.1. The molecule has 14 nitrogen and oxygen atoms in total. The third-order valence-corrected chi connectivity index (χ3v) is 8.19. The van der Waals surface area contributed by atoms with E-state index in [2.05, 4.69) is 29.7 Å². The molecule has 8 aromatic rings. The van der Waals surface area contributed by atoms with Crippen molar-refractivity contribution in [1.29, 1.82) is 0 Å². The molecule has 0 saturated heterocycles. The number of hydrogen-bond donors (Lipinski definition) is 7. The third-order valence-electron chi connectivity index (χ3n) is 8.19. The molecule has 0 spiro atoms. The summed E-state index contributed by atoms with van der Waals surface area (Å²) < 4.78 is 0. The first-order valence-electron chi connectivity index (χ1n) is 16.6. The number of nitrogens with one attached hydrogen (secondary N) is 4. The van der Waals surface area contributed by atoms with Crippen molar-refractivity contribution < 1.29 is 54.9 Å². The number of aromatic amines is 4. The maximum atomic E-state index is 11.7. The summed E-state index contributed by atoms with van der Waals surface area (Å²) in [5, 5.41) is 26.9. The zero-order valence-electron chi connectivity index (χ0n) is 28.9. The van der Waals surface area contributed by atoms with Crippen molar-refractivity contribution in [1.82, 2.24) is 49.7 Å². The summed E-state index contributed by atoms with van der Waals surface area (Å²) in [7, 11) is 0. The van der Waals surface area contributed by atoms with E-state index in [9.17, 15) is 5.11 Å². The minimum Gasteiger partial charge on any atom is -0.412 e. The van der Waals surface area contributed by atoms with Gasteiger partial charge in [0.05, 0.1) is 76.4 Å². The molecule has 0 unspecified atom stereocenters. The molecule has 0 amide bonds. The number of imidazole rings is 4. The molecule has 9 N–H and O–H groups in total. The van der Waals surface area contributed by atoms with Crippen LogP contribution in [0.3, 0.4) is 0 Å². The number of hydrogen-bond acceptors (Lipinski definition) is 9. The molecule has 0 aliphatic heterocycles. The summed E-state index contributed by atoms with van der Waals surface area (Å²) in [6.07, 6.45) is -1.84. The maximum absolute atomic E-state index is 11.7. The monoisotopic (exact) mass is 800 g/mol. The fourth-order valence-corrected chi connectivity index (χ4v) is 6.19. The van der Waals surface area contributed by atoms with Crippen LogP contribution in [0.5, 0.6) is 0 Å². The topological polar surface area (TPSA) is 213 Å². The van der Waals surface area contributed by atoms with Crippen LogP contribution in [0.25, 0.3) is 44.1 Å². The Kier molecular flexibility index (Phi) is 14.9. The molecule has 53 heavy (non-hydrogen) atoms. The summed E-state index contributed by atoms with van der Waals surface area (Å²) in [5.74, 6) is 3.36.